The molecule has 0 saturated carbocycles. The molecule has 144 valence electrons. The Bertz CT molecular complexity index is 619. The van der Waals surface area contributed by atoms with Gasteiger partial charge >= 0.3 is 0 Å². The molecule has 4 N–H and O–H groups in total. The van der Waals surface area contributed by atoms with Crippen molar-refractivity contribution in [3.63, 3.8) is 0 Å². The number of amides is 2. The fraction of sp³-hybridized carbons (Fsp3) is 0.529. The molecule has 26 heavy (non-hydrogen) atoms. The van der Waals surface area contributed by atoms with E-state index in [1.807, 2.05) is 0 Å². The summed E-state index contributed by atoms with van der Waals surface area (Å²) in [6.45, 7) is 1.81. The summed E-state index contributed by atoms with van der Waals surface area (Å²) in [5, 5.41) is 31.1. The number of ether oxygens (including phenoxy) is 2. The van der Waals surface area contributed by atoms with Gasteiger partial charge in [0.25, 0.3) is 5.91 Å². The van der Waals surface area contributed by atoms with Gasteiger partial charge < -0.3 is 35.0 Å². The molecule has 0 atom stereocenters. The lowest BCUT2D eigenvalue weighted by Crippen LogP contribution is -2.47. The molecule has 1 heterocycles. The van der Waals surface area contributed by atoms with E-state index in [1.54, 1.807) is 12.0 Å². The summed E-state index contributed by atoms with van der Waals surface area (Å²) in [6, 6.07) is 2.04. The minimum atomic E-state index is -0.666. The fourth-order valence-corrected chi connectivity index (χ4v) is 2.67. The maximum Gasteiger partial charge on any atom is 0.251 e. The zero-order valence-corrected chi connectivity index (χ0v) is 14.6. The normalized spacial score (nSPS) is 15.0. The molecule has 1 fully saturated rings. The Balaban J connectivity index is 1.79. The number of methoxy groups -OCH3 is 1. The first-order chi connectivity index (χ1) is 12.4. The highest BCUT2D eigenvalue weighted by atomic mass is 16.5. The summed E-state index contributed by atoms with van der Waals surface area (Å²) >= 11 is 0. The third-order valence-corrected chi connectivity index (χ3v) is 4.17. The predicted octanol–water partition coefficient (Wildman–Crippen LogP) is 0.187. The number of likely N-dealkylation sites (tertiary alicyclic amines) is 1. The number of carbonyl (C=O) groups excluding carboxylic acids is 2. The number of aromatic hydroxyl groups is 3. The zero-order valence-electron chi connectivity index (χ0n) is 14.6. The molecule has 0 spiro atoms. The van der Waals surface area contributed by atoms with E-state index in [9.17, 15) is 24.9 Å². The van der Waals surface area contributed by atoms with Crippen molar-refractivity contribution in [1.29, 1.82) is 0 Å². The lowest BCUT2D eigenvalue weighted by atomic mass is 10.0. The first-order valence-corrected chi connectivity index (χ1v) is 8.32. The molecule has 1 aliphatic heterocycles. The van der Waals surface area contributed by atoms with Gasteiger partial charge in [-0.3, -0.25) is 9.59 Å². The average molecular weight is 368 g/mol. The highest BCUT2D eigenvalue weighted by Gasteiger charge is 2.24. The molecule has 0 aliphatic carbocycles. The molecule has 9 heteroatoms. The van der Waals surface area contributed by atoms with Crippen LogP contribution in [0.1, 0.15) is 23.2 Å². The molecule has 1 aromatic carbocycles. The number of nitrogens with zero attached hydrogens (tertiary/aromatic N) is 1. The van der Waals surface area contributed by atoms with Gasteiger partial charge in [0, 0.05) is 31.8 Å². The van der Waals surface area contributed by atoms with Gasteiger partial charge in [0.05, 0.1) is 13.2 Å². The number of piperidine rings is 1. The Labute approximate surface area is 151 Å². The van der Waals surface area contributed by atoms with Crippen molar-refractivity contribution in [2.45, 2.75) is 18.9 Å². The quantitative estimate of drug-likeness (QED) is 0.399. The molecule has 9 nitrogen and oxygen atoms in total. The van der Waals surface area contributed by atoms with Crippen LogP contribution in [0.25, 0.3) is 0 Å². The number of rotatable bonds is 7. The van der Waals surface area contributed by atoms with Crippen LogP contribution >= 0.6 is 0 Å². The molecule has 0 unspecified atom stereocenters. The predicted molar refractivity (Wildman–Crippen MR) is 91.2 cm³/mol. The van der Waals surface area contributed by atoms with E-state index >= 15 is 0 Å². The van der Waals surface area contributed by atoms with E-state index in [1.165, 1.54) is 0 Å². The van der Waals surface area contributed by atoms with E-state index in [2.05, 4.69) is 5.32 Å². The van der Waals surface area contributed by atoms with Gasteiger partial charge in [0.2, 0.25) is 5.91 Å². The molecule has 0 radical (unpaired) electrons. The molecule has 2 rings (SSSR count). The number of carbonyl (C=O) groups is 2. The van der Waals surface area contributed by atoms with Crippen molar-refractivity contribution in [2.24, 2.45) is 0 Å². The summed E-state index contributed by atoms with van der Waals surface area (Å²) in [6.07, 6.45) is 1.18. The van der Waals surface area contributed by atoms with Gasteiger partial charge in [0.1, 0.15) is 6.61 Å². The third kappa shape index (κ3) is 5.24. The standard InChI is InChI=1S/C17H24N2O7/c1-25-6-7-26-10-15(22)19-4-2-12(3-5-19)18-17(24)11-8-13(20)16(23)14(21)9-11/h8-9,12,20-21,23H,2-7,10H2,1H3,(H,18,24). The van der Waals surface area contributed by atoms with Crippen LogP contribution in [0.15, 0.2) is 12.1 Å². The summed E-state index contributed by atoms with van der Waals surface area (Å²) in [7, 11) is 1.56. The first-order valence-electron chi connectivity index (χ1n) is 8.32. The summed E-state index contributed by atoms with van der Waals surface area (Å²) in [5.41, 5.74) is 0.0443. The smallest absolute Gasteiger partial charge is 0.251 e. The number of hydrogen-bond acceptors (Lipinski definition) is 7. The SMILES string of the molecule is COCCOCC(=O)N1CCC(NC(=O)c2cc(O)c(O)c(O)c2)CC1. The van der Waals surface area contributed by atoms with Crippen molar-refractivity contribution >= 4 is 11.8 Å². The van der Waals surface area contributed by atoms with E-state index < -0.39 is 23.2 Å². The Kier molecular flexibility index (Phi) is 7.05. The van der Waals surface area contributed by atoms with Crippen molar-refractivity contribution < 1.29 is 34.4 Å². The largest absolute Gasteiger partial charge is 0.504 e. The molecule has 2 amide bonds. The first kappa shape index (κ1) is 19.8. The van der Waals surface area contributed by atoms with Gasteiger partial charge in [-0.05, 0) is 25.0 Å². The second kappa shape index (κ2) is 9.25. The monoisotopic (exact) mass is 368 g/mol. The number of phenolic OH excluding ortho intramolecular Hbond substituents is 3. The minimum Gasteiger partial charge on any atom is -0.504 e. The van der Waals surface area contributed by atoms with Crippen molar-refractivity contribution in [3.8, 4) is 17.2 Å². The summed E-state index contributed by atoms with van der Waals surface area (Å²) in [5.74, 6) is -2.36. The van der Waals surface area contributed by atoms with Crippen molar-refractivity contribution in [1.82, 2.24) is 10.2 Å². The lowest BCUT2D eigenvalue weighted by molar-refractivity contribution is -0.137. The van der Waals surface area contributed by atoms with E-state index in [0.717, 1.165) is 12.1 Å². The van der Waals surface area contributed by atoms with Crippen LogP contribution < -0.4 is 5.32 Å². The number of benzene rings is 1. The molecule has 1 aromatic rings. The van der Waals surface area contributed by atoms with Gasteiger partial charge in [-0.1, -0.05) is 0 Å². The van der Waals surface area contributed by atoms with Crippen LogP contribution in [0.2, 0.25) is 0 Å². The third-order valence-electron chi connectivity index (χ3n) is 4.17. The van der Waals surface area contributed by atoms with Crippen LogP contribution in [0.3, 0.4) is 0 Å². The number of phenols is 3. The molecule has 0 aromatic heterocycles. The summed E-state index contributed by atoms with van der Waals surface area (Å²) < 4.78 is 10.1. The highest BCUT2D eigenvalue weighted by molar-refractivity contribution is 5.95. The molecule has 1 aliphatic rings. The van der Waals surface area contributed by atoms with Crippen molar-refractivity contribution in [3.05, 3.63) is 17.7 Å². The topological polar surface area (TPSA) is 129 Å². The molecular formula is C17H24N2O7. The summed E-state index contributed by atoms with van der Waals surface area (Å²) in [4.78, 5) is 25.9. The Morgan fingerprint density at radius 3 is 2.35 bits per heavy atom. The van der Waals surface area contributed by atoms with Crippen LogP contribution in [-0.2, 0) is 14.3 Å². The van der Waals surface area contributed by atoms with E-state index in [4.69, 9.17) is 9.47 Å². The molecular weight excluding hydrogens is 344 g/mol. The van der Waals surface area contributed by atoms with Crippen LogP contribution in [0.4, 0.5) is 0 Å². The average Bonchev–Trinajstić information content (AvgIpc) is 2.63. The second-order valence-corrected chi connectivity index (χ2v) is 6.04. The van der Waals surface area contributed by atoms with E-state index in [0.29, 0.717) is 39.1 Å². The zero-order chi connectivity index (χ0) is 19.1. The van der Waals surface area contributed by atoms with Gasteiger partial charge in [0.15, 0.2) is 17.2 Å². The fourth-order valence-electron chi connectivity index (χ4n) is 2.67. The van der Waals surface area contributed by atoms with Gasteiger partial charge in [-0.25, -0.2) is 0 Å². The highest BCUT2D eigenvalue weighted by Crippen LogP contribution is 2.35. The number of hydrogen-bond donors (Lipinski definition) is 4. The Hall–Kier alpha value is -2.52. The second-order valence-electron chi connectivity index (χ2n) is 6.04. The van der Waals surface area contributed by atoms with Crippen molar-refractivity contribution in [2.75, 3.05) is 40.0 Å². The van der Waals surface area contributed by atoms with Gasteiger partial charge in [-0.2, -0.15) is 0 Å². The lowest BCUT2D eigenvalue weighted by Gasteiger charge is -2.32. The molecule has 1 saturated heterocycles. The van der Waals surface area contributed by atoms with Gasteiger partial charge in [-0.15, -0.1) is 0 Å². The Morgan fingerprint density at radius 2 is 1.77 bits per heavy atom. The van der Waals surface area contributed by atoms with Crippen LogP contribution in [-0.4, -0.2) is 78.1 Å². The minimum absolute atomic E-state index is 0.00640. The molecule has 0 bridgehead atoms. The van der Waals surface area contributed by atoms with Crippen LogP contribution in [0, 0.1) is 0 Å². The maximum atomic E-state index is 12.2. The van der Waals surface area contributed by atoms with Crippen LogP contribution in [0.5, 0.6) is 17.2 Å². The number of nitrogens with one attached hydrogen (secondary N) is 1. The maximum absolute atomic E-state index is 12.2. The van der Waals surface area contributed by atoms with E-state index in [-0.39, 0.29) is 24.1 Å². The Morgan fingerprint density at radius 1 is 1.15 bits per heavy atom.